The van der Waals surface area contributed by atoms with Crippen molar-refractivity contribution < 1.29 is 69.9 Å². The number of halogens is 7. The molecule has 8 N–H and O–H groups in total. The van der Waals surface area contributed by atoms with Gasteiger partial charge in [-0.05, 0) is 50.7 Å². The summed E-state index contributed by atoms with van der Waals surface area (Å²) in [7, 11) is 0. The number of nitrogens with one attached hydrogen (secondary N) is 5. The van der Waals surface area contributed by atoms with Crippen molar-refractivity contribution in [2.75, 3.05) is 0 Å². The summed E-state index contributed by atoms with van der Waals surface area (Å²) in [5, 5.41) is 30.2. The standard InChI is InChI=1S/C21H21F3N4O6.C14H17F3N2O2.C7H6N2O5.ClH/c1-3-4-10-20(21(22,23)24,34-12-14-8-6-5-7-9-14)19(31)27-26-18(30)16-15(28(32)33)11-13(2)17(29)25-16;1-2-3-9-13(12(20)19-18,14(15,16)17)21-10-11-7-5-4-6-8-11;1-3-2-4(9(13)14)5(7(11)12)8-6(3)10;/h3,5-9,11H,1,4,10,12H2,2H3,(H,25,29)(H,26,30)(H,27,31);2,4-8H,1,3,9-10,18H2,(H,19,20);2H,1H3,(H,8,10)(H,11,12);1H/t20-;13-;;/m11../s1. The maximum Gasteiger partial charge on any atom is 0.426 e. The molecule has 0 bridgehead atoms. The monoisotopic (exact) mass is 1020 g/mol. The van der Waals surface area contributed by atoms with Crippen LogP contribution in [0.4, 0.5) is 37.7 Å². The molecule has 4 rings (SSSR count). The minimum atomic E-state index is -5.20. The number of rotatable bonds is 18. The van der Waals surface area contributed by atoms with Crippen molar-refractivity contribution in [2.24, 2.45) is 5.84 Å². The number of H-pyrrole nitrogens is 2. The number of aromatic nitrogens is 2. The van der Waals surface area contributed by atoms with Crippen molar-refractivity contribution in [3.05, 3.63) is 173 Å². The number of hydrogen-bond acceptors (Lipinski definition) is 13. The first kappa shape index (κ1) is 60.3. The number of aryl methyl sites for hydroxylation is 2. The summed E-state index contributed by atoms with van der Waals surface area (Å²) in [5.41, 5.74) is -5.09. The molecule has 2 aromatic carbocycles. The Morgan fingerprint density at radius 3 is 1.41 bits per heavy atom. The number of nitrogens with two attached hydrogens (primary N) is 1. The number of benzene rings is 2. The van der Waals surface area contributed by atoms with E-state index in [1.807, 2.05) is 9.97 Å². The molecule has 0 saturated carbocycles. The summed E-state index contributed by atoms with van der Waals surface area (Å²) < 4.78 is 92.4. The molecule has 4 aromatic rings. The van der Waals surface area contributed by atoms with E-state index >= 15 is 0 Å². The molecular weight excluding hydrogens is 974 g/mol. The lowest BCUT2D eigenvalue weighted by molar-refractivity contribution is -0.385. The van der Waals surface area contributed by atoms with Crippen LogP contribution in [-0.2, 0) is 32.3 Å². The highest BCUT2D eigenvalue weighted by Crippen LogP contribution is 2.40. The van der Waals surface area contributed by atoms with Gasteiger partial charge in [-0.15, -0.1) is 25.6 Å². The zero-order valence-electron chi connectivity index (χ0n) is 36.7. The van der Waals surface area contributed by atoms with E-state index in [1.165, 1.54) is 43.6 Å². The summed E-state index contributed by atoms with van der Waals surface area (Å²) in [6, 6.07) is 17.8. The molecule has 3 amide bonds. The molecule has 2 heterocycles. The van der Waals surface area contributed by atoms with Crippen LogP contribution in [0.15, 0.2) is 108 Å². The molecule has 2 atom stereocenters. The predicted molar refractivity (Wildman–Crippen MR) is 238 cm³/mol. The number of allylic oxidation sites excluding steroid dienone is 2. The van der Waals surface area contributed by atoms with Crippen molar-refractivity contribution in [1.29, 1.82) is 0 Å². The first-order valence-electron chi connectivity index (χ1n) is 19.6. The molecule has 28 heteroatoms. The van der Waals surface area contributed by atoms with Crippen LogP contribution in [-0.4, -0.2) is 72.2 Å². The highest BCUT2D eigenvalue weighted by atomic mass is 35.5. The first-order chi connectivity index (χ1) is 32.2. The van der Waals surface area contributed by atoms with Crippen LogP contribution in [0.5, 0.6) is 0 Å². The SMILES string of the molecule is C=CCC[C@@](OCc1ccccc1)(C(=O)NN)C(F)(F)F.C=CCC[C@@](OCc1ccccc1)(C(=O)NNC(=O)c1[nH]c(=O)c(C)cc1[N+](=O)[O-])C(F)(F)F.Cc1cc([N+](=O)[O-])c(C(=O)O)[nH]c1=O.Cl. The van der Waals surface area contributed by atoms with Gasteiger partial charge in [0.1, 0.15) is 0 Å². The second kappa shape index (κ2) is 26.7. The summed E-state index contributed by atoms with van der Waals surface area (Å²) >= 11 is 0. The van der Waals surface area contributed by atoms with Gasteiger partial charge in [-0.1, -0.05) is 72.8 Å². The van der Waals surface area contributed by atoms with Gasteiger partial charge < -0.3 is 24.5 Å². The molecule has 380 valence electrons. The summed E-state index contributed by atoms with van der Waals surface area (Å²) in [6.07, 6.45) is -9.38. The molecule has 0 aliphatic carbocycles. The lowest BCUT2D eigenvalue weighted by Gasteiger charge is -2.34. The summed E-state index contributed by atoms with van der Waals surface area (Å²) in [6.45, 7) is 8.41. The minimum absolute atomic E-state index is 0. The minimum Gasteiger partial charge on any atom is -0.476 e. The van der Waals surface area contributed by atoms with Crippen molar-refractivity contribution in [3.8, 4) is 0 Å². The number of aromatic amines is 2. The Kier molecular flexibility index (Phi) is 23.0. The van der Waals surface area contributed by atoms with Crippen LogP contribution in [0.1, 0.15) is 68.9 Å². The number of carboxylic acid groups (broad SMARTS) is 1. The van der Waals surface area contributed by atoms with Gasteiger partial charge in [0.2, 0.25) is 16.9 Å². The van der Waals surface area contributed by atoms with Crippen LogP contribution in [0, 0.1) is 34.1 Å². The van der Waals surface area contributed by atoms with Gasteiger partial charge in [0, 0.05) is 23.3 Å². The lowest BCUT2D eigenvalue weighted by Crippen LogP contribution is -2.61. The number of alkyl halides is 6. The Morgan fingerprint density at radius 2 is 1.07 bits per heavy atom. The first-order valence-corrected chi connectivity index (χ1v) is 19.6. The van der Waals surface area contributed by atoms with E-state index in [2.05, 4.69) is 13.2 Å². The average Bonchev–Trinajstić information content (AvgIpc) is 3.29. The van der Waals surface area contributed by atoms with Crippen LogP contribution in [0.2, 0.25) is 0 Å². The number of carbonyl (C=O) groups excluding carboxylic acids is 3. The molecule has 0 aliphatic heterocycles. The third kappa shape index (κ3) is 15.9. The summed E-state index contributed by atoms with van der Waals surface area (Å²) in [4.78, 5) is 93.7. The number of amides is 3. The van der Waals surface area contributed by atoms with Crippen LogP contribution < -0.4 is 33.2 Å². The number of nitrogens with zero attached hydrogens (tertiary/aromatic N) is 2. The van der Waals surface area contributed by atoms with Crippen molar-refractivity contribution >= 4 is 47.5 Å². The van der Waals surface area contributed by atoms with Crippen LogP contribution in [0.25, 0.3) is 0 Å². The van der Waals surface area contributed by atoms with E-state index in [0.717, 1.165) is 12.1 Å². The fraction of sp³-hybridized carbons (Fsp3) is 0.286. The number of ether oxygens (including phenoxy) is 2. The highest BCUT2D eigenvalue weighted by Gasteiger charge is 2.62. The van der Waals surface area contributed by atoms with Gasteiger partial charge in [0.25, 0.3) is 34.5 Å². The Bertz CT molecular complexity index is 2620. The molecule has 0 fully saturated rings. The van der Waals surface area contributed by atoms with Gasteiger partial charge >= 0.3 is 24.0 Å². The van der Waals surface area contributed by atoms with Crippen molar-refractivity contribution in [2.45, 2.75) is 76.3 Å². The van der Waals surface area contributed by atoms with Crippen molar-refractivity contribution in [3.63, 3.8) is 0 Å². The molecule has 0 aliphatic rings. The maximum absolute atomic E-state index is 14.1. The Morgan fingerprint density at radius 1 is 0.700 bits per heavy atom. The molecule has 0 unspecified atom stereocenters. The number of pyridine rings is 2. The topological polar surface area (TPSA) is 321 Å². The van der Waals surface area contributed by atoms with Gasteiger partial charge in [-0.3, -0.25) is 60.5 Å². The van der Waals surface area contributed by atoms with Gasteiger partial charge in [0.15, 0.2) is 5.69 Å². The molecule has 0 radical (unpaired) electrons. The zero-order chi connectivity index (χ0) is 52.3. The largest absolute Gasteiger partial charge is 0.476 e. The second-order valence-electron chi connectivity index (χ2n) is 14.1. The van der Waals surface area contributed by atoms with Gasteiger partial charge in [0.05, 0.1) is 23.1 Å². The number of aromatic carboxylic acids is 1. The molecular formula is C42H45ClF6N8O13. The van der Waals surface area contributed by atoms with E-state index in [9.17, 15) is 75.3 Å². The van der Waals surface area contributed by atoms with Gasteiger partial charge in [-0.2, -0.15) is 26.3 Å². The lowest BCUT2D eigenvalue weighted by atomic mass is 9.95. The van der Waals surface area contributed by atoms with E-state index in [0.29, 0.717) is 11.1 Å². The number of carboxylic acids is 1. The smallest absolute Gasteiger partial charge is 0.426 e. The quantitative estimate of drug-likeness (QED) is 0.0150. The molecule has 70 heavy (non-hydrogen) atoms. The number of hydrazine groups is 2. The number of hydrogen-bond donors (Lipinski definition) is 7. The van der Waals surface area contributed by atoms with E-state index in [4.69, 9.17) is 20.4 Å². The Hall–Kier alpha value is -7.75. The van der Waals surface area contributed by atoms with E-state index in [-0.39, 0.29) is 43.0 Å². The highest BCUT2D eigenvalue weighted by molar-refractivity contribution is 5.98. The Labute approximate surface area is 397 Å². The number of carbonyl (C=O) groups is 4. The fourth-order valence-corrected chi connectivity index (χ4v) is 5.63. The molecule has 21 nitrogen and oxygen atoms in total. The van der Waals surface area contributed by atoms with Gasteiger partial charge in [-0.25, -0.2) is 10.6 Å². The maximum atomic E-state index is 14.1. The number of nitro groups is 2. The normalized spacial score (nSPS) is 12.5. The fourth-order valence-electron chi connectivity index (χ4n) is 5.63. The van der Waals surface area contributed by atoms with E-state index < -0.39 is 110 Å². The second-order valence-corrected chi connectivity index (χ2v) is 14.1. The molecule has 2 aromatic heterocycles. The predicted octanol–water partition coefficient (Wildman–Crippen LogP) is 6.01. The zero-order valence-corrected chi connectivity index (χ0v) is 37.6. The molecule has 0 saturated heterocycles. The van der Waals surface area contributed by atoms with E-state index in [1.54, 1.807) is 59.4 Å². The Balaban J connectivity index is 0.000000578. The third-order valence-corrected chi connectivity index (χ3v) is 9.37. The summed E-state index contributed by atoms with van der Waals surface area (Å²) in [5.74, 6) is -1.23. The van der Waals surface area contributed by atoms with Crippen LogP contribution in [0.3, 0.4) is 0 Å². The van der Waals surface area contributed by atoms with Crippen molar-refractivity contribution in [1.82, 2.24) is 26.2 Å². The average molecular weight is 1020 g/mol. The third-order valence-electron chi connectivity index (χ3n) is 9.37. The molecule has 0 spiro atoms. The van der Waals surface area contributed by atoms with Crippen LogP contribution >= 0.6 is 12.4 Å².